The lowest BCUT2D eigenvalue weighted by molar-refractivity contribution is -0.154. The van der Waals surface area contributed by atoms with Crippen LogP contribution in [-0.4, -0.2) is 77.6 Å². The number of rotatable bonds is 27. The van der Waals surface area contributed by atoms with E-state index in [9.17, 15) is 78.0 Å². The molecule has 0 atom stereocenters. The first kappa shape index (κ1) is 98.9. The molecule has 0 aliphatic carbocycles. The summed E-state index contributed by atoms with van der Waals surface area (Å²) < 4.78 is 164. The Bertz CT molecular complexity index is 6750. The van der Waals surface area contributed by atoms with E-state index in [1.807, 2.05) is 196 Å². The van der Waals surface area contributed by atoms with Gasteiger partial charge in [0, 0.05) is 76.6 Å². The summed E-state index contributed by atoms with van der Waals surface area (Å²) in [6.45, 7) is 29.0. The van der Waals surface area contributed by atoms with Gasteiger partial charge in [-0.2, -0.15) is 39.5 Å². The number of aliphatic hydroxyl groups excluding tert-OH is 3. The third-order valence-electron chi connectivity index (χ3n) is 23.8. The number of carbonyl (C=O) groups excluding carboxylic acids is 3. The highest BCUT2D eigenvalue weighted by molar-refractivity contribution is 6.31. The number of amides is 3. The summed E-state index contributed by atoms with van der Waals surface area (Å²) in [4.78, 5) is 72.6. The Hall–Kier alpha value is -14.6. The van der Waals surface area contributed by atoms with Gasteiger partial charge in [0.05, 0.1) is 59.1 Å². The molecule has 9 aromatic heterocycles. The van der Waals surface area contributed by atoms with Crippen LogP contribution in [0.25, 0.3) is 66.5 Å². The number of aromatic nitrogens is 6. The van der Waals surface area contributed by atoms with Crippen molar-refractivity contribution in [2.24, 2.45) is 0 Å². The zero-order valence-electron chi connectivity index (χ0n) is 75.8. The van der Waals surface area contributed by atoms with Gasteiger partial charge in [0.2, 0.25) is 17.3 Å². The number of hydrogen-bond acceptors (Lipinski definition) is 15. The van der Waals surface area contributed by atoms with Gasteiger partial charge in [0.15, 0.2) is 11.6 Å². The molecule has 30 heteroatoms. The number of pyridine rings is 6. The number of aryl methyl sites for hydroxylation is 4. The average Bonchev–Trinajstić information content (AvgIpc) is 1.06. The van der Waals surface area contributed by atoms with Crippen molar-refractivity contribution in [1.29, 1.82) is 0 Å². The molecule has 0 aliphatic rings. The Morgan fingerprint density at radius 3 is 0.978 bits per heavy atom. The summed E-state index contributed by atoms with van der Waals surface area (Å²) >= 11 is 6.75. The summed E-state index contributed by atoms with van der Waals surface area (Å²) in [5, 5.41) is 30.6. The molecule has 0 spiro atoms. The van der Waals surface area contributed by atoms with E-state index < -0.39 is 81.4 Å². The van der Waals surface area contributed by atoms with Crippen molar-refractivity contribution in [3.05, 3.63) is 392 Å². The molecule has 0 radical (unpaired) electrons. The SMILES string of the molecule is C=C(O)C(C)(C)c1cccc(-c2ccc(CN(Cc3ccc(C(F)(F)F)o3)C(=O)c3cc(CC)nc4c(C)ccnc34)cc2)c1.C=C(O)C(C)(C)c1cccc(-c2ccc(CN(Cc3ccc(C(F)(F)F)o3)C(=O)c3cc(CC)nc4c(F)ccnc34)c(Cl)c2)c1.C=C(O)C(C)(C)c1cccc(-c2ccc(CN(Cc3ccc(C(F)(F)F)o3)C(=O)c3cc(CC)nc4c(F)ccnc34)cc2)c1. The zero-order valence-corrected chi connectivity index (χ0v) is 76.5. The Morgan fingerprint density at radius 2 is 0.662 bits per heavy atom. The molecule has 3 N–H and O–H groups in total. The maximum absolute atomic E-state index is 14.7. The second-order valence-corrected chi connectivity index (χ2v) is 34.7. The van der Waals surface area contributed by atoms with Gasteiger partial charge in [0.1, 0.15) is 44.9 Å². The van der Waals surface area contributed by atoms with Crippen molar-refractivity contribution in [1.82, 2.24) is 44.6 Å². The predicted molar refractivity (Wildman–Crippen MR) is 498 cm³/mol. The minimum absolute atomic E-state index is 0.00964. The Labute approximate surface area is 781 Å². The molecule has 0 bridgehead atoms. The van der Waals surface area contributed by atoms with Gasteiger partial charge in [-0.05, 0) is 219 Å². The number of aliphatic hydroxyl groups is 3. The van der Waals surface area contributed by atoms with Crippen LogP contribution in [0, 0.1) is 18.6 Å². The first-order valence-corrected chi connectivity index (χ1v) is 43.5. The van der Waals surface area contributed by atoms with Crippen LogP contribution in [0.2, 0.25) is 5.02 Å². The van der Waals surface area contributed by atoms with Crippen LogP contribution in [0.3, 0.4) is 0 Å². The molecule has 18 nitrogen and oxygen atoms in total. The number of carbonyl (C=O) groups is 3. The minimum atomic E-state index is -4.71. The fourth-order valence-electron chi connectivity index (χ4n) is 15.0. The average molecular weight is 1880 g/mol. The first-order chi connectivity index (χ1) is 64.2. The number of allylic oxidation sites excluding steroid dienone is 3. The standard InChI is InChI=1S/C36H34F3N3O3.C35H30ClF4N3O3.C35H31F4N3O3/c1-6-28-19-30(33-32(41-28)22(2)16-17-40-33)34(44)42(21-29-14-15-31(45-29)36(37,38)39)20-24-10-12-25(13-11-24)26-8-7-9-27(18-26)35(4,5)23(3)43;1-5-25-17-27(31-32(42-25)29(37)13-14-41-31)33(45)43(19-26-11-12-30(46-26)35(38,39)40)18-23-10-9-22(16-28(23)36)21-7-6-8-24(15-21)34(3,4)20(2)44;1-5-26-18-28(31-32(41-26)29(36)15-16-40-31)33(44)42(20-27-13-14-30(45-27)35(37,38)39)19-22-9-11-23(12-10-22)24-7-6-8-25(17-24)34(3,4)21(2)43/h7-19,43H,3,6,20-21H2,1-2,4-5H3;6-17,44H,2,5,18-19H2,1,3-4H3;6-18,43H,2,5,19-20H2,1,3-4H3. The molecule has 702 valence electrons. The molecule has 6 aromatic carbocycles. The van der Waals surface area contributed by atoms with Gasteiger partial charge in [-0.1, -0.05) is 186 Å². The van der Waals surface area contributed by atoms with Gasteiger partial charge in [-0.15, -0.1) is 0 Å². The number of hydrogen-bond donors (Lipinski definition) is 3. The minimum Gasteiger partial charge on any atom is -0.512 e. The van der Waals surface area contributed by atoms with Gasteiger partial charge < -0.3 is 43.3 Å². The van der Waals surface area contributed by atoms with Crippen LogP contribution in [0.15, 0.2) is 281 Å². The quantitative estimate of drug-likeness (QED) is 0.0320. The summed E-state index contributed by atoms with van der Waals surface area (Å²) in [5.74, 6) is -6.39. The zero-order chi connectivity index (χ0) is 98.4. The van der Waals surface area contributed by atoms with Crippen LogP contribution < -0.4 is 0 Å². The van der Waals surface area contributed by atoms with Gasteiger partial charge in [-0.25, -0.2) is 18.7 Å². The lowest BCUT2D eigenvalue weighted by atomic mass is 9.82. The highest BCUT2D eigenvalue weighted by Gasteiger charge is 2.39. The molecule has 0 saturated heterocycles. The predicted octanol–water partition coefficient (Wildman–Crippen LogP) is 27.2. The number of fused-ring (bicyclic) bond motifs is 3. The Morgan fingerprint density at radius 1 is 0.360 bits per heavy atom. The lowest BCUT2D eigenvalue weighted by Crippen LogP contribution is -2.30. The second kappa shape index (κ2) is 40.3. The van der Waals surface area contributed by atoms with E-state index in [4.69, 9.17) is 24.9 Å². The third kappa shape index (κ3) is 22.4. The molecule has 3 amide bonds. The van der Waals surface area contributed by atoms with Crippen LogP contribution >= 0.6 is 11.6 Å². The van der Waals surface area contributed by atoms with E-state index in [0.717, 1.165) is 97.6 Å². The topological polar surface area (TPSA) is 238 Å². The summed E-state index contributed by atoms with van der Waals surface area (Å²) in [7, 11) is 0. The first-order valence-electron chi connectivity index (χ1n) is 43.2. The maximum atomic E-state index is 14.7. The highest BCUT2D eigenvalue weighted by atomic mass is 35.5. The highest BCUT2D eigenvalue weighted by Crippen LogP contribution is 2.41. The molecule has 15 rings (SSSR count). The van der Waals surface area contributed by atoms with Crippen molar-refractivity contribution in [2.75, 3.05) is 0 Å². The molecular weight excluding hydrogens is 1790 g/mol. The number of alkyl halides is 9. The third-order valence-corrected chi connectivity index (χ3v) is 24.2. The van der Waals surface area contributed by atoms with E-state index >= 15 is 0 Å². The molecule has 136 heavy (non-hydrogen) atoms. The van der Waals surface area contributed by atoms with Crippen LogP contribution in [0.4, 0.5) is 48.3 Å². The molecule has 0 aliphatic heterocycles. The molecule has 0 saturated carbocycles. The monoisotopic (exact) mass is 1880 g/mol. The van der Waals surface area contributed by atoms with Crippen LogP contribution in [-0.2, 0) is 93.3 Å². The largest absolute Gasteiger partial charge is 0.512 e. The fraction of sp³-hybridized carbons (Fsp3) is 0.236. The van der Waals surface area contributed by atoms with Crippen molar-refractivity contribution in [2.45, 2.75) is 163 Å². The molecule has 9 heterocycles. The lowest BCUT2D eigenvalue weighted by Gasteiger charge is -2.25. The molecule has 0 fully saturated rings. The van der Waals surface area contributed by atoms with E-state index in [0.29, 0.717) is 69.1 Å². The molecular formula is C106H95ClF11N9O9. The van der Waals surface area contributed by atoms with Crippen molar-refractivity contribution in [3.8, 4) is 33.4 Å². The van der Waals surface area contributed by atoms with E-state index in [2.05, 4.69) is 49.6 Å². The van der Waals surface area contributed by atoms with E-state index in [-0.39, 0.29) is 107 Å². The normalized spacial score (nSPS) is 12.0. The van der Waals surface area contributed by atoms with Crippen molar-refractivity contribution >= 4 is 62.4 Å². The maximum Gasteiger partial charge on any atom is 0.449 e. The summed E-state index contributed by atoms with van der Waals surface area (Å²) in [6, 6.07) is 58.3. The van der Waals surface area contributed by atoms with Gasteiger partial charge in [-0.3, -0.25) is 34.3 Å². The Kier molecular flexibility index (Phi) is 29.3. The van der Waals surface area contributed by atoms with Crippen LogP contribution in [0.5, 0.6) is 0 Å². The summed E-state index contributed by atoms with van der Waals surface area (Å²) in [6.07, 6.45) is -8.56. The second-order valence-electron chi connectivity index (χ2n) is 34.3. The summed E-state index contributed by atoms with van der Waals surface area (Å²) in [5.41, 5.74) is 11.8. The number of furan rings is 3. The van der Waals surface area contributed by atoms with Gasteiger partial charge in [0.25, 0.3) is 17.7 Å². The van der Waals surface area contributed by atoms with Crippen molar-refractivity contribution in [3.63, 3.8) is 0 Å². The van der Waals surface area contributed by atoms with E-state index in [1.54, 1.807) is 31.3 Å². The number of nitrogens with zero attached hydrogens (tertiary/aromatic N) is 9. The number of halogens is 12. The van der Waals surface area contributed by atoms with Crippen LogP contribution in [0.1, 0.15) is 184 Å². The van der Waals surface area contributed by atoms with Gasteiger partial charge >= 0.3 is 18.5 Å². The van der Waals surface area contributed by atoms with E-state index in [1.165, 1.54) is 51.4 Å². The smallest absolute Gasteiger partial charge is 0.449 e. The molecule has 15 aromatic rings. The fourth-order valence-corrected chi connectivity index (χ4v) is 15.3. The van der Waals surface area contributed by atoms with Crippen molar-refractivity contribution < 1.29 is 91.2 Å². The molecule has 0 unspecified atom stereocenters. The Balaban J connectivity index is 0.000000173. The number of benzene rings is 6.